The molecule has 7 nitrogen and oxygen atoms in total. The molecule has 17 heavy (non-hydrogen) atoms. The largest absolute Gasteiger partial charge is 0.332 e. The van der Waals surface area contributed by atoms with Crippen LogP contribution in [0.15, 0.2) is 23.5 Å². The second-order valence-corrected chi connectivity index (χ2v) is 5.14. The second-order valence-electron chi connectivity index (χ2n) is 3.15. The Balaban J connectivity index is 2.29. The highest BCUT2D eigenvalue weighted by molar-refractivity contribution is 7.92. The number of nitrogens with one attached hydrogen (secondary N) is 2. The first kappa shape index (κ1) is 11.8. The third-order valence-corrected chi connectivity index (χ3v) is 3.28. The van der Waals surface area contributed by atoms with E-state index in [4.69, 9.17) is 11.6 Å². The molecule has 0 unspecified atom stereocenters. The average Bonchev–Trinajstić information content (AvgIpc) is 2.65. The van der Waals surface area contributed by atoms with E-state index in [1.165, 1.54) is 18.5 Å². The van der Waals surface area contributed by atoms with Crippen LogP contribution in [0.25, 0.3) is 0 Å². The molecule has 2 rings (SSSR count). The Morgan fingerprint density at radius 3 is 2.76 bits per heavy atom. The molecule has 0 atom stereocenters. The molecule has 0 saturated carbocycles. The smallest absolute Gasteiger partial charge is 0.280 e. The summed E-state index contributed by atoms with van der Waals surface area (Å²) in [5, 5.41) is -0.0734. The van der Waals surface area contributed by atoms with Crippen molar-refractivity contribution in [1.29, 1.82) is 0 Å². The lowest BCUT2D eigenvalue weighted by molar-refractivity contribution is 0.598. The average molecular weight is 274 g/mol. The SMILES string of the molecule is Cc1ncc(S(=O)(=O)Nc2ccnc(Cl)n2)[nH]1. The zero-order chi connectivity index (χ0) is 12.5. The predicted molar refractivity (Wildman–Crippen MR) is 61.2 cm³/mol. The predicted octanol–water partition coefficient (Wildman–Crippen LogP) is 0.962. The van der Waals surface area contributed by atoms with Gasteiger partial charge in [0.05, 0.1) is 6.20 Å². The van der Waals surface area contributed by atoms with Crippen LogP contribution in [-0.4, -0.2) is 28.4 Å². The van der Waals surface area contributed by atoms with Crippen LogP contribution >= 0.6 is 11.6 Å². The van der Waals surface area contributed by atoms with Gasteiger partial charge in [0.2, 0.25) is 5.28 Å². The van der Waals surface area contributed by atoms with Crippen molar-refractivity contribution in [3.8, 4) is 0 Å². The van der Waals surface area contributed by atoms with Crippen molar-refractivity contribution >= 4 is 27.4 Å². The lowest BCUT2D eigenvalue weighted by Crippen LogP contribution is -2.14. The number of aromatic amines is 1. The Kier molecular flexibility index (Phi) is 2.99. The van der Waals surface area contributed by atoms with Gasteiger partial charge in [-0.15, -0.1) is 0 Å². The third kappa shape index (κ3) is 2.71. The minimum Gasteiger partial charge on any atom is -0.332 e. The maximum atomic E-state index is 11.8. The van der Waals surface area contributed by atoms with Crippen molar-refractivity contribution in [2.24, 2.45) is 0 Å². The Labute approximate surface area is 102 Å². The minimum atomic E-state index is -3.73. The quantitative estimate of drug-likeness (QED) is 0.811. The number of aryl methyl sites for hydroxylation is 1. The first-order valence-corrected chi connectivity index (χ1v) is 6.36. The van der Waals surface area contributed by atoms with E-state index in [9.17, 15) is 8.42 Å². The summed E-state index contributed by atoms with van der Waals surface area (Å²) in [6, 6.07) is 1.40. The van der Waals surface area contributed by atoms with Crippen molar-refractivity contribution in [3.63, 3.8) is 0 Å². The fourth-order valence-corrected chi connectivity index (χ4v) is 2.24. The van der Waals surface area contributed by atoms with E-state index in [0.717, 1.165) is 0 Å². The number of hydrogen-bond donors (Lipinski definition) is 2. The Hall–Kier alpha value is -1.67. The highest BCUT2D eigenvalue weighted by Crippen LogP contribution is 2.13. The van der Waals surface area contributed by atoms with Crippen LogP contribution in [-0.2, 0) is 10.0 Å². The molecule has 9 heteroatoms. The molecular formula is C8H8ClN5O2S. The standard InChI is InChI=1S/C8H8ClN5O2S/c1-5-11-4-7(12-5)17(15,16)14-6-2-3-10-8(9)13-6/h2-4H,1H3,(H,11,12)(H,10,13,14). The van der Waals surface area contributed by atoms with Gasteiger partial charge in [0.25, 0.3) is 10.0 Å². The molecule has 2 aromatic rings. The van der Waals surface area contributed by atoms with Crippen LogP contribution in [0, 0.1) is 6.92 Å². The maximum Gasteiger partial charge on any atom is 0.280 e. The Morgan fingerprint density at radius 1 is 1.41 bits per heavy atom. The van der Waals surface area contributed by atoms with Crippen molar-refractivity contribution in [1.82, 2.24) is 19.9 Å². The lowest BCUT2D eigenvalue weighted by atomic mass is 10.6. The molecule has 0 aliphatic carbocycles. The number of H-pyrrole nitrogens is 1. The van der Waals surface area contributed by atoms with Crippen LogP contribution in [0.4, 0.5) is 5.82 Å². The fourth-order valence-electron chi connectivity index (χ4n) is 1.12. The van der Waals surface area contributed by atoms with Gasteiger partial charge in [-0.2, -0.15) is 13.4 Å². The van der Waals surface area contributed by atoms with E-state index in [-0.39, 0.29) is 16.1 Å². The highest BCUT2D eigenvalue weighted by atomic mass is 35.5. The first-order valence-electron chi connectivity index (χ1n) is 4.50. The van der Waals surface area contributed by atoms with Crippen molar-refractivity contribution in [2.45, 2.75) is 11.9 Å². The third-order valence-electron chi connectivity index (χ3n) is 1.83. The Bertz CT molecular complexity index is 639. The molecule has 2 heterocycles. The molecule has 0 aromatic carbocycles. The van der Waals surface area contributed by atoms with Gasteiger partial charge in [0, 0.05) is 6.20 Å². The summed E-state index contributed by atoms with van der Waals surface area (Å²) in [6.07, 6.45) is 2.58. The van der Waals surface area contributed by atoms with Crippen LogP contribution in [0.2, 0.25) is 5.28 Å². The molecule has 0 aliphatic rings. The van der Waals surface area contributed by atoms with Gasteiger partial charge in [0.15, 0.2) is 5.03 Å². The zero-order valence-corrected chi connectivity index (χ0v) is 10.2. The molecule has 0 spiro atoms. The normalized spacial score (nSPS) is 11.4. The summed E-state index contributed by atoms with van der Waals surface area (Å²) in [5.74, 6) is 0.600. The number of hydrogen-bond acceptors (Lipinski definition) is 5. The van der Waals surface area contributed by atoms with Gasteiger partial charge in [0.1, 0.15) is 11.6 Å². The number of aromatic nitrogens is 4. The summed E-state index contributed by atoms with van der Waals surface area (Å²) in [7, 11) is -3.73. The molecule has 0 fully saturated rings. The van der Waals surface area contributed by atoms with Gasteiger partial charge in [-0.3, -0.25) is 4.72 Å². The topological polar surface area (TPSA) is 101 Å². The second kappa shape index (κ2) is 4.30. The maximum absolute atomic E-state index is 11.8. The molecule has 0 amide bonds. The van der Waals surface area contributed by atoms with E-state index >= 15 is 0 Å². The van der Waals surface area contributed by atoms with Crippen LogP contribution in [0.1, 0.15) is 5.82 Å². The molecule has 90 valence electrons. The van der Waals surface area contributed by atoms with Gasteiger partial charge in [-0.05, 0) is 24.6 Å². The summed E-state index contributed by atoms with van der Waals surface area (Å²) in [4.78, 5) is 13.8. The fraction of sp³-hybridized carbons (Fsp3) is 0.125. The summed E-state index contributed by atoms with van der Waals surface area (Å²) in [5.41, 5.74) is 0. The van der Waals surface area contributed by atoms with E-state index in [2.05, 4.69) is 24.7 Å². The van der Waals surface area contributed by atoms with Crippen molar-refractivity contribution in [2.75, 3.05) is 4.72 Å². The molecular weight excluding hydrogens is 266 g/mol. The van der Waals surface area contributed by atoms with E-state index < -0.39 is 10.0 Å². The summed E-state index contributed by atoms with van der Waals surface area (Å²) < 4.78 is 25.9. The summed E-state index contributed by atoms with van der Waals surface area (Å²) in [6.45, 7) is 1.65. The zero-order valence-electron chi connectivity index (χ0n) is 8.68. The molecule has 0 radical (unpaired) electrons. The number of imidazole rings is 1. The first-order chi connectivity index (χ1) is 7.97. The molecule has 2 aromatic heterocycles. The highest BCUT2D eigenvalue weighted by Gasteiger charge is 2.17. The van der Waals surface area contributed by atoms with Crippen molar-refractivity contribution < 1.29 is 8.42 Å². The van der Waals surface area contributed by atoms with Gasteiger partial charge >= 0.3 is 0 Å². The van der Waals surface area contributed by atoms with Crippen molar-refractivity contribution in [3.05, 3.63) is 29.6 Å². The van der Waals surface area contributed by atoms with Crippen LogP contribution in [0.5, 0.6) is 0 Å². The number of nitrogens with zero attached hydrogens (tertiary/aromatic N) is 3. The minimum absolute atomic E-state index is 0.0361. The lowest BCUT2D eigenvalue weighted by Gasteiger charge is -2.04. The molecule has 0 bridgehead atoms. The summed E-state index contributed by atoms with van der Waals surface area (Å²) >= 11 is 5.55. The number of anilines is 1. The van der Waals surface area contributed by atoms with Crippen LogP contribution < -0.4 is 4.72 Å². The Morgan fingerprint density at radius 2 is 2.18 bits per heavy atom. The number of halogens is 1. The number of rotatable bonds is 3. The van der Waals surface area contributed by atoms with Crippen LogP contribution in [0.3, 0.4) is 0 Å². The van der Waals surface area contributed by atoms with Gasteiger partial charge < -0.3 is 4.98 Å². The number of sulfonamides is 1. The van der Waals surface area contributed by atoms with Gasteiger partial charge in [-0.1, -0.05) is 0 Å². The monoisotopic (exact) mass is 273 g/mol. The molecule has 0 saturated heterocycles. The van der Waals surface area contributed by atoms with E-state index in [0.29, 0.717) is 5.82 Å². The van der Waals surface area contributed by atoms with E-state index in [1.54, 1.807) is 6.92 Å². The van der Waals surface area contributed by atoms with Gasteiger partial charge in [-0.25, -0.2) is 9.97 Å². The molecule has 0 aliphatic heterocycles. The molecule has 2 N–H and O–H groups in total. The van der Waals surface area contributed by atoms with E-state index in [1.807, 2.05) is 0 Å².